The number of likely N-dealkylation sites (tertiary alicyclic amines) is 1. The van der Waals surface area contributed by atoms with Crippen LogP contribution in [0.25, 0.3) is 0 Å². The van der Waals surface area contributed by atoms with E-state index in [2.05, 4.69) is 0 Å². The Bertz CT molecular complexity index is 329. The van der Waals surface area contributed by atoms with Gasteiger partial charge in [0.25, 0.3) is 0 Å². The molecule has 0 aliphatic carbocycles. The predicted molar refractivity (Wildman–Crippen MR) is 73.4 cm³/mol. The highest BCUT2D eigenvalue weighted by atomic mass is 16.6. The summed E-state index contributed by atoms with van der Waals surface area (Å²) in [6.07, 6.45) is 0.826. The molecule has 1 amide bonds. The molecular weight excluding hydrogens is 262 g/mol. The van der Waals surface area contributed by atoms with Crippen molar-refractivity contribution in [3.63, 3.8) is 0 Å². The van der Waals surface area contributed by atoms with Crippen molar-refractivity contribution in [2.45, 2.75) is 52.2 Å². The van der Waals surface area contributed by atoms with E-state index in [1.807, 2.05) is 27.7 Å². The average molecular weight is 287 g/mol. The first kappa shape index (κ1) is 16.8. The first-order chi connectivity index (χ1) is 9.31. The van der Waals surface area contributed by atoms with E-state index in [1.165, 1.54) is 0 Å². The normalized spacial score (nSPS) is 16.9. The maximum atomic E-state index is 11.9. The summed E-state index contributed by atoms with van der Waals surface area (Å²) in [5, 5.41) is 0. The predicted octanol–water partition coefficient (Wildman–Crippen LogP) is 1.97. The molecule has 0 aromatic rings. The van der Waals surface area contributed by atoms with E-state index in [0.717, 1.165) is 0 Å². The lowest BCUT2D eigenvalue weighted by Crippen LogP contribution is -2.44. The molecule has 0 unspecified atom stereocenters. The second-order valence-corrected chi connectivity index (χ2v) is 5.79. The van der Waals surface area contributed by atoms with E-state index >= 15 is 0 Å². The Hall–Kier alpha value is -1.30. The molecule has 1 fully saturated rings. The molecule has 0 radical (unpaired) electrons. The first-order valence-corrected chi connectivity index (χ1v) is 7.07. The van der Waals surface area contributed by atoms with E-state index in [9.17, 15) is 9.59 Å². The zero-order valence-corrected chi connectivity index (χ0v) is 12.8. The van der Waals surface area contributed by atoms with Gasteiger partial charge in [0.2, 0.25) is 0 Å². The van der Waals surface area contributed by atoms with Crippen LogP contribution >= 0.6 is 0 Å². The summed E-state index contributed by atoms with van der Waals surface area (Å²) in [6, 6.07) is 0. The largest absolute Gasteiger partial charge is 0.461 e. The topological polar surface area (TPSA) is 65.1 Å². The third kappa shape index (κ3) is 6.23. The van der Waals surface area contributed by atoms with Gasteiger partial charge in [-0.1, -0.05) is 0 Å². The van der Waals surface area contributed by atoms with Crippen LogP contribution < -0.4 is 0 Å². The summed E-state index contributed by atoms with van der Waals surface area (Å²) in [6.45, 7) is 8.91. The Morgan fingerprint density at radius 2 is 1.80 bits per heavy atom. The van der Waals surface area contributed by atoms with Crippen LogP contribution in [-0.2, 0) is 19.0 Å². The van der Waals surface area contributed by atoms with Gasteiger partial charge in [0, 0.05) is 32.5 Å². The highest BCUT2D eigenvalue weighted by Crippen LogP contribution is 2.17. The van der Waals surface area contributed by atoms with Crippen LogP contribution in [0.15, 0.2) is 0 Å². The fourth-order valence-electron chi connectivity index (χ4n) is 1.89. The van der Waals surface area contributed by atoms with Gasteiger partial charge in [-0.2, -0.15) is 0 Å². The number of esters is 1. The van der Waals surface area contributed by atoms with Gasteiger partial charge >= 0.3 is 12.1 Å². The molecule has 0 N–H and O–H groups in total. The zero-order chi connectivity index (χ0) is 15.2. The lowest BCUT2D eigenvalue weighted by Gasteiger charge is -2.33. The van der Waals surface area contributed by atoms with Gasteiger partial charge in [-0.05, 0) is 27.7 Å². The van der Waals surface area contributed by atoms with E-state index in [1.54, 1.807) is 4.90 Å². The molecule has 1 aliphatic heterocycles. The minimum atomic E-state index is -0.488. The number of nitrogens with zero attached hydrogens (tertiary/aromatic N) is 1. The van der Waals surface area contributed by atoms with Crippen LogP contribution in [0.5, 0.6) is 0 Å². The van der Waals surface area contributed by atoms with Crippen molar-refractivity contribution in [2.24, 2.45) is 0 Å². The van der Waals surface area contributed by atoms with Crippen molar-refractivity contribution in [2.75, 3.05) is 26.3 Å². The molecular formula is C14H25NO5. The van der Waals surface area contributed by atoms with Crippen LogP contribution in [0.3, 0.4) is 0 Å². The van der Waals surface area contributed by atoms with Crippen molar-refractivity contribution in [3.05, 3.63) is 0 Å². The van der Waals surface area contributed by atoms with Crippen LogP contribution in [0.1, 0.15) is 40.5 Å². The van der Waals surface area contributed by atoms with Gasteiger partial charge in [-0.25, -0.2) is 9.59 Å². The number of amides is 1. The number of carbonyl (C=O) groups is 2. The molecule has 0 saturated carbocycles. The summed E-state index contributed by atoms with van der Waals surface area (Å²) in [5.74, 6) is -0.345. The van der Waals surface area contributed by atoms with Gasteiger partial charge < -0.3 is 19.1 Å². The molecule has 0 aromatic heterocycles. The van der Waals surface area contributed by atoms with Gasteiger partial charge in [0.15, 0.2) is 0 Å². The highest BCUT2D eigenvalue weighted by molar-refractivity contribution is 5.71. The molecule has 0 bridgehead atoms. The molecule has 0 aromatic carbocycles. The quantitative estimate of drug-likeness (QED) is 0.740. The second kappa shape index (κ2) is 7.47. The van der Waals surface area contributed by atoms with Crippen molar-refractivity contribution >= 4 is 12.1 Å². The fraction of sp³-hybridized carbons (Fsp3) is 0.857. The van der Waals surface area contributed by atoms with Crippen LogP contribution in [0.2, 0.25) is 0 Å². The maximum Gasteiger partial charge on any atom is 0.410 e. The Balaban J connectivity index is 2.29. The Labute approximate surface area is 120 Å². The second-order valence-electron chi connectivity index (χ2n) is 5.79. The molecule has 1 saturated heterocycles. The lowest BCUT2D eigenvalue weighted by molar-refractivity contribution is -0.156. The van der Waals surface area contributed by atoms with Gasteiger partial charge in [-0.3, -0.25) is 0 Å². The molecule has 0 spiro atoms. The maximum absolute atomic E-state index is 11.9. The zero-order valence-electron chi connectivity index (χ0n) is 12.8. The average Bonchev–Trinajstić information content (AvgIpc) is 2.35. The standard InChI is InChI=1S/C14H25NO5/c1-5-18-10-12(16)19-11-6-8-15(9-7-11)13(17)20-14(2,3)4/h11H,5-10H2,1-4H3. The van der Waals surface area contributed by atoms with Gasteiger partial charge in [0.05, 0.1) is 0 Å². The third-order valence-corrected chi connectivity index (χ3v) is 2.82. The molecule has 6 heteroatoms. The molecule has 6 nitrogen and oxygen atoms in total. The van der Waals surface area contributed by atoms with E-state index in [-0.39, 0.29) is 24.8 Å². The number of carbonyl (C=O) groups excluding carboxylic acids is 2. The summed E-state index contributed by atoms with van der Waals surface area (Å²) in [5.41, 5.74) is -0.488. The Kier molecular flexibility index (Phi) is 6.26. The van der Waals surface area contributed by atoms with Crippen LogP contribution in [0, 0.1) is 0 Å². The van der Waals surface area contributed by atoms with E-state index in [4.69, 9.17) is 14.2 Å². The molecule has 20 heavy (non-hydrogen) atoms. The molecule has 0 atom stereocenters. The van der Waals surface area contributed by atoms with Crippen LogP contribution in [0.4, 0.5) is 4.79 Å². The Morgan fingerprint density at radius 1 is 1.20 bits per heavy atom. The van der Waals surface area contributed by atoms with Gasteiger partial charge in [0.1, 0.15) is 18.3 Å². The summed E-state index contributed by atoms with van der Waals surface area (Å²) in [4.78, 5) is 24.9. The number of ether oxygens (including phenoxy) is 3. The molecule has 1 heterocycles. The van der Waals surface area contributed by atoms with Crippen molar-refractivity contribution < 1.29 is 23.8 Å². The van der Waals surface area contributed by atoms with Gasteiger partial charge in [-0.15, -0.1) is 0 Å². The fourth-order valence-corrected chi connectivity index (χ4v) is 1.89. The molecule has 1 aliphatic rings. The SMILES string of the molecule is CCOCC(=O)OC1CCN(C(=O)OC(C)(C)C)CC1. The monoisotopic (exact) mass is 287 g/mol. The Morgan fingerprint density at radius 3 is 2.30 bits per heavy atom. The van der Waals surface area contributed by atoms with Crippen molar-refractivity contribution in [1.29, 1.82) is 0 Å². The van der Waals surface area contributed by atoms with E-state index < -0.39 is 5.60 Å². The summed E-state index contributed by atoms with van der Waals surface area (Å²) in [7, 11) is 0. The minimum absolute atomic E-state index is 0.0111. The third-order valence-electron chi connectivity index (χ3n) is 2.82. The number of hydrogen-bond donors (Lipinski definition) is 0. The van der Waals surface area contributed by atoms with E-state index in [0.29, 0.717) is 32.5 Å². The van der Waals surface area contributed by atoms with Crippen molar-refractivity contribution in [1.82, 2.24) is 4.90 Å². The summed E-state index contributed by atoms with van der Waals surface area (Å²) >= 11 is 0. The molecule has 116 valence electrons. The number of piperidine rings is 1. The minimum Gasteiger partial charge on any atom is -0.461 e. The molecule has 1 rings (SSSR count). The highest BCUT2D eigenvalue weighted by Gasteiger charge is 2.28. The van der Waals surface area contributed by atoms with Crippen molar-refractivity contribution in [3.8, 4) is 0 Å². The number of rotatable bonds is 4. The number of hydrogen-bond acceptors (Lipinski definition) is 5. The van der Waals surface area contributed by atoms with Crippen LogP contribution in [-0.4, -0.2) is 55.0 Å². The smallest absolute Gasteiger partial charge is 0.410 e. The first-order valence-electron chi connectivity index (χ1n) is 7.07. The lowest BCUT2D eigenvalue weighted by atomic mass is 10.1. The summed E-state index contributed by atoms with van der Waals surface area (Å²) < 4.78 is 15.6.